The van der Waals surface area contributed by atoms with Gasteiger partial charge in [-0.1, -0.05) is 30.3 Å². The van der Waals surface area contributed by atoms with E-state index in [-0.39, 0.29) is 30.7 Å². The average Bonchev–Trinajstić information content (AvgIpc) is 3.15. The maximum absolute atomic E-state index is 13.2. The number of hydrogen-bond donors (Lipinski definition) is 0. The first kappa shape index (κ1) is 24.4. The van der Waals surface area contributed by atoms with Crippen LogP contribution >= 0.6 is 22.9 Å². The van der Waals surface area contributed by atoms with Crippen molar-refractivity contribution < 1.29 is 14.3 Å². The minimum atomic E-state index is -0.0959. The number of nitrogens with zero attached hydrogens (tertiary/aromatic N) is 2. The van der Waals surface area contributed by atoms with Gasteiger partial charge in [0.2, 0.25) is 11.8 Å². The van der Waals surface area contributed by atoms with Gasteiger partial charge in [0.25, 0.3) is 0 Å². The summed E-state index contributed by atoms with van der Waals surface area (Å²) in [4.78, 5) is 31.5. The van der Waals surface area contributed by atoms with Crippen molar-refractivity contribution in [1.82, 2.24) is 9.80 Å². The first-order chi connectivity index (χ1) is 14.5. The molecule has 164 valence electrons. The van der Waals surface area contributed by atoms with E-state index in [1.165, 1.54) is 4.88 Å². The van der Waals surface area contributed by atoms with Gasteiger partial charge < -0.3 is 14.5 Å². The van der Waals surface area contributed by atoms with Crippen LogP contribution in [0.2, 0.25) is 0 Å². The van der Waals surface area contributed by atoms with Crippen molar-refractivity contribution >= 4 is 34.8 Å². The van der Waals surface area contributed by atoms with Gasteiger partial charge in [-0.2, -0.15) is 0 Å². The van der Waals surface area contributed by atoms with Crippen LogP contribution in [0.3, 0.4) is 0 Å². The van der Waals surface area contributed by atoms with Crippen molar-refractivity contribution in [1.29, 1.82) is 0 Å². The van der Waals surface area contributed by atoms with Crippen LogP contribution in [0.5, 0.6) is 0 Å². The summed E-state index contributed by atoms with van der Waals surface area (Å²) >= 11 is 7.46. The molecule has 2 rings (SSSR count). The zero-order valence-electron chi connectivity index (χ0n) is 17.8. The van der Waals surface area contributed by atoms with Gasteiger partial charge in [0.05, 0.1) is 13.1 Å². The van der Waals surface area contributed by atoms with E-state index in [4.69, 9.17) is 16.3 Å². The number of thiophene rings is 1. The number of carbonyl (C=O) groups is 2. The number of hydrogen-bond acceptors (Lipinski definition) is 4. The molecule has 0 saturated carbocycles. The molecule has 0 fully saturated rings. The Hall–Kier alpha value is -1.89. The predicted molar refractivity (Wildman–Crippen MR) is 123 cm³/mol. The Morgan fingerprint density at radius 1 is 1.03 bits per heavy atom. The van der Waals surface area contributed by atoms with Gasteiger partial charge in [0.15, 0.2) is 0 Å². The Morgan fingerprint density at radius 2 is 1.80 bits per heavy atom. The molecule has 5 nitrogen and oxygen atoms in total. The number of alkyl halides is 1. The van der Waals surface area contributed by atoms with Crippen LogP contribution in [0.15, 0.2) is 42.5 Å². The van der Waals surface area contributed by atoms with E-state index in [0.29, 0.717) is 39.3 Å². The maximum atomic E-state index is 13.2. The maximum Gasteiger partial charge on any atom is 0.242 e. The normalized spacial score (nSPS) is 10.8. The molecule has 0 N–H and O–H groups in total. The zero-order chi connectivity index (χ0) is 21.8. The van der Waals surface area contributed by atoms with Crippen LogP contribution < -0.4 is 0 Å². The third kappa shape index (κ3) is 8.46. The summed E-state index contributed by atoms with van der Waals surface area (Å²) in [6, 6.07) is 14.0. The monoisotopic (exact) mass is 450 g/mol. The summed E-state index contributed by atoms with van der Waals surface area (Å²) in [6.45, 7) is 6.78. The molecule has 0 radical (unpaired) electrons. The lowest BCUT2D eigenvalue weighted by Crippen LogP contribution is -2.43. The number of carbonyl (C=O) groups excluding carboxylic acids is 2. The Kier molecular flexibility index (Phi) is 10.9. The van der Waals surface area contributed by atoms with Crippen LogP contribution in [-0.4, -0.2) is 53.8 Å². The van der Waals surface area contributed by atoms with Crippen LogP contribution in [0.4, 0.5) is 0 Å². The third-order valence-electron chi connectivity index (χ3n) is 4.62. The van der Waals surface area contributed by atoms with E-state index in [0.717, 1.165) is 10.4 Å². The molecule has 7 heteroatoms. The summed E-state index contributed by atoms with van der Waals surface area (Å²) in [6.07, 6.45) is 0.921. The molecule has 0 bridgehead atoms. The second-order valence-electron chi connectivity index (χ2n) is 7.05. The molecule has 0 unspecified atom stereocenters. The Labute approximate surface area is 188 Å². The highest BCUT2D eigenvalue weighted by Crippen LogP contribution is 2.19. The highest BCUT2D eigenvalue weighted by molar-refractivity contribution is 7.11. The molecule has 0 aliphatic rings. The summed E-state index contributed by atoms with van der Waals surface area (Å²) in [5.74, 6) is 0.0858. The molecular weight excluding hydrogens is 420 g/mol. The fourth-order valence-corrected chi connectivity index (χ4v) is 4.16. The molecular formula is C23H31ClN2O3S. The molecule has 2 aromatic rings. The van der Waals surface area contributed by atoms with Gasteiger partial charge in [0, 0.05) is 48.4 Å². The molecule has 1 aromatic carbocycles. The van der Waals surface area contributed by atoms with E-state index >= 15 is 0 Å². The Bertz CT molecular complexity index is 782. The van der Waals surface area contributed by atoms with E-state index in [9.17, 15) is 9.59 Å². The van der Waals surface area contributed by atoms with Crippen molar-refractivity contribution in [2.75, 3.05) is 32.2 Å². The Morgan fingerprint density at radius 3 is 2.43 bits per heavy atom. The van der Waals surface area contributed by atoms with Crippen molar-refractivity contribution in [3.05, 3.63) is 57.8 Å². The SMILES string of the molecule is CCOCCCN(CC(=O)N(Cc1ccccc1)Cc1ccc(C)s1)C(=O)CCCl. The summed E-state index contributed by atoms with van der Waals surface area (Å²) in [5, 5.41) is 0. The van der Waals surface area contributed by atoms with E-state index in [1.807, 2.05) is 42.2 Å². The summed E-state index contributed by atoms with van der Waals surface area (Å²) < 4.78 is 5.38. The van der Waals surface area contributed by atoms with Gasteiger partial charge in [-0.25, -0.2) is 0 Å². The molecule has 30 heavy (non-hydrogen) atoms. The fourth-order valence-electron chi connectivity index (χ4n) is 3.09. The number of halogens is 1. The Balaban J connectivity index is 2.10. The lowest BCUT2D eigenvalue weighted by atomic mass is 10.2. The van der Waals surface area contributed by atoms with Crippen LogP contribution in [0.25, 0.3) is 0 Å². The largest absolute Gasteiger partial charge is 0.382 e. The average molecular weight is 451 g/mol. The highest BCUT2D eigenvalue weighted by atomic mass is 35.5. The molecule has 1 aromatic heterocycles. The summed E-state index contributed by atoms with van der Waals surface area (Å²) in [7, 11) is 0. The smallest absolute Gasteiger partial charge is 0.242 e. The number of amides is 2. The van der Waals surface area contributed by atoms with Gasteiger partial charge in [-0.15, -0.1) is 22.9 Å². The first-order valence-corrected chi connectivity index (χ1v) is 11.7. The summed E-state index contributed by atoms with van der Waals surface area (Å²) in [5.41, 5.74) is 1.06. The van der Waals surface area contributed by atoms with Gasteiger partial charge in [0.1, 0.15) is 0 Å². The topological polar surface area (TPSA) is 49.9 Å². The number of aryl methyl sites for hydroxylation is 1. The van der Waals surface area contributed by atoms with E-state index in [2.05, 4.69) is 19.1 Å². The van der Waals surface area contributed by atoms with Crippen molar-refractivity contribution in [3.63, 3.8) is 0 Å². The lowest BCUT2D eigenvalue weighted by molar-refractivity contribution is -0.141. The minimum absolute atomic E-state index is 0.0546. The molecule has 1 heterocycles. The van der Waals surface area contributed by atoms with Crippen LogP contribution in [-0.2, 0) is 27.4 Å². The second-order valence-corrected chi connectivity index (χ2v) is 8.80. The molecule has 0 aliphatic carbocycles. The molecule has 2 amide bonds. The molecule has 0 aliphatic heterocycles. The second kappa shape index (κ2) is 13.4. The van der Waals surface area contributed by atoms with Crippen LogP contribution in [0.1, 0.15) is 35.1 Å². The van der Waals surface area contributed by atoms with Gasteiger partial charge in [-0.05, 0) is 38.0 Å². The lowest BCUT2D eigenvalue weighted by Gasteiger charge is -2.27. The van der Waals surface area contributed by atoms with Crippen molar-refractivity contribution in [3.8, 4) is 0 Å². The standard InChI is InChI=1S/C23H31ClN2O3S/c1-3-29-15-7-14-25(22(27)12-13-24)18-23(28)26(16-20-8-5-4-6-9-20)17-21-11-10-19(2)30-21/h4-6,8-11H,3,7,12-18H2,1-2H3. The zero-order valence-corrected chi connectivity index (χ0v) is 19.4. The molecule has 0 atom stereocenters. The van der Waals surface area contributed by atoms with E-state index < -0.39 is 0 Å². The van der Waals surface area contributed by atoms with E-state index in [1.54, 1.807) is 16.2 Å². The predicted octanol–water partition coefficient (Wildman–Crippen LogP) is 4.47. The van der Waals surface area contributed by atoms with Crippen molar-refractivity contribution in [2.45, 2.75) is 39.8 Å². The number of rotatable bonds is 13. The number of ether oxygens (including phenoxy) is 1. The highest BCUT2D eigenvalue weighted by Gasteiger charge is 2.22. The van der Waals surface area contributed by atoms with Gasteiger partial charge in [-0.3, -0.25) is 9.59 Å². The third-order valence-corrected chi connectivity index (χ3v) is 5.79. The minimum Gasteiger partial charge on any atom is -0.382 e. The molecule has 0 saturated heterocycles. The first-order valence-electron chi connectivity index (χ1n) is 10.3. The fraction of sp³-hybridized carbons (Fsp3) is 0.478. The van der Waals surface area contributed by atoms with Crippen LogP contribution in [0, 0.1) is 6.92 Å². The van der Waals surface area contributed by atoms with Crippen molar-refractivity contribution in [2.24, 2.45) is 0 Å². The quantitative estimate of drug-likeness (QED) is 0.334. The van der Waals surface area contributed by atoms with Gasteiger partial charge >= 0.3 is 0 Å². The number of benzene rings is 1. The molecule has 0 spiro atoms.